The zero-order chi connectivity index (χ0) is 21.2. The van der Waals surface area contributed by atoms with Crippen LogP contribution in [0.25, 0.3) is 0 Å². The van der Waals surface area contributed by atoms with Crippen molar-refractivity contribution in [3.8, 4) is 0 Å². The Labute approximate surface area is 173 Å². The highest BCUT2D eigenvalue weighted by Crippen LogP contribution is 2.65. The van der Waals surface area contributed by atoms with Gasteiger partial charge in [0.15, 0.2) is 0 Å². The van der Waals surface area contributed by atoms with Crippen LogP contribution >= 0.6 is 0 Å². The minimum absolute atomic E-state index is 0.0876. The number of ketones is 1. The third-order valence-corrected chi connectivity index (χ3v) is 8.85. The molecule has 0 heterocycles. The minimum Gasteiger partial charge on any atom is -0.458 e. The molecule has 0 aliphatic heterocycles. The van der Waals surface area contributed by atoms with Gasteiger partial charge >= 0.3 is 11.9 Å². The van der Waals surface area contributed by atoms with E-state index in [-0.39, 0.29) is 22.8 Å². The van der Waals surface area contributed by atoms with Crippen LogP contribution in [0.2, 0.25) is 0 Å². The van der Waals surface area contributed by atoms with Gasteiger partial charge in [-0.3, -0.25) is 14.4 Å². The maximum Gasteiger partial charge on any atom is 0.303 e. The van der Waals surface area contributed by atoms with Crippen LogP contribution < -0.4 is 0 Å². The maximum absolute atomic E-state index is 12.6. The predicted octanol–water partition coefficient (Wildman–Crippen LogP) is 4.38. The lowest BCUT2D eigenvalue weighted by Crippen LogP contribution is -2.58. The van der Waals surface area contributed by atoms with Crippen molar-refractivity contribution in [2.75, 3.05) is 0 Å². The Balaban J connectivity index is 1.69. The Kier molecular flexibility index (Phi) is 4.75. The Morgan fingerprint density at radius 1 is 1.03 bits per heavy atom. The molecule has 0 aromatic heterocycles. The molecule has 3 saturated carbocycles. The van der Waals surface area contributed by atoms with Gasteiger partial charge < -0.3 is 9.47 Å². The molecule has 5 nitrogen and oxygen atoms in total. The Bertz CT molecular complexity index is 784. The number of rotatable bonds is 2. The van der Waals surface area contributed by atoms with E-state index in [1.165, 1.54) is 19.4 Å². The first-order valence-corrected chi connectivity index (χ1v) is 11.1. The van der Waals surface area contributed by atoms with Gasteiger partial charge in [-0.2, -0.15) is 0 Å². The van der Waals surface area contributed by atoms with E-state index in [9.17, 15) is 14.4 Å². The molecule has 5 heteroatoms. The van der Waals surface area contributed by atoms with E-state index >= 15 is 0 Å². The van der Waals surface area contributed by atoms with E-state index in [0.29, 0.717) is 36.4 Å². The van der Waals surface area contributed by atoms with E-state index < -0.39 is 11.7 Å². The van der Waals surface area contributed by atoms with Gasteiger partial charge in [-0.25, -0.2) is 0 Å². The zero-order valence-electron chi connectivity index (χ0n) is 18.4. The first-order valence-electron chi connectivity index (χ1n) is 11.1. The van der Waals surface area contributed by atoms with Crippen molar-refractivity contribution in [1.82, 2.24) is 0 Å². The highest BCUT2D eigenvalue weighted by atomic mass is 16.6. The molecule has 0 N–H and O–H groups in total. The fourth-order valence-electron chi connectivity index (χ4n) is 7.37. The number of ether oxygens (including phenoxy) is 2. The Morgan fingerprint density at radius 3 is 2.38 bits per heavy atom. The molecule has 4 rings (SSSR count). The summed E-state index contributed by atoms with van der Waals surface area (Å²) in [6, 6.07) is 0. The number of hydrogen-bond donors (Lipinski definition) is 0. The summed E-state index contributed by atoms with van der Waals surface area (Å²) in [7, 11) is 0. The van der Waals surface area contributed by atoms with Crippen molar-refractivity contribution in [1.29, 1.82) is 0 Å². The van der Waals surface area contributed by atoms with Gasteiger partial charge in [0, 0.05) is 32.1 Å². The molecule has 0 bridgehead atoms. The van der Waals surface area contributed by atoms with Gasteiger partial charge in [0.25, 0.3) is 0 Å². The van der Waals surface area contributed by atoms with Crippen molar-refractivity contribution in [2.24, 2.45) is 28.6 Å². The average Bonchev–Trinajstić information content (AvgIpc) is 2.90. The normalized spacial score (nSPS) is 46.1. The highest BCUT2D eigenvalue weighted by Gasteiger charge is 2.61. The van der Waals surface area contributed by atoms with Crippen LogP contribution in [0.3, 0.4) is 0 Å². The number of Topliss-reactive ketones (excluding diaryl/α,β-unsaturated/α-hetero) is 1. The smallest absolute Gasteiger partial charge is 0.303 e. The molecular formula is C24H34O5. The van der Waals surface area contributed by atoms with Gasteiger partial charge in [-0.15, -0.1) is 0 Å². The standard InChI is InChI=1S/C24H34O5/c1-14(25)28-21-13-23(4)16(12-24(21,5)29-15(2)26)6-7-17-18-8-9-20(27)22(18,3)11-10-19(17)23/h6,17-19,21H,7-13H2,1-5H3/t17-,18-,19-,21?,22-,23-,24-/m0/s1. The topological polar surface area (TPSA) is 69.7 Å². The second kappa shape index (κ2) is 6.68. The van der Waals surface area contributed by atoms with Gasteiger partial charge in [0.1, 0.15) is 17.5 Å². The molecule has 3 fully saturated rings. The third kappa shape index (κ3) is 3.07. The molecule has 0 radical (unpaired) electrons. The highest BCUT2D eigenvalue weighted by molar-refractivity contribution is 5.87. The van der Waals surface area contributed by atoms with Crippen molar-refractivity contribution in [2.45, 2.75) is 91.3 Å². The maximum atomic E-state index is 12.6. The molecule has 7 atom stereocenters. The lowest BCUT2D eigenvalue weighted by atomic mass is 9.47. The van der Waals surface area contributed by atoms with Crippen molar-refractivity contribution in [3.05, 3.63) is 11.6 Å². The van der Waals surface area contributed by atoms with Crippen molar-refractivity contribution in [3.63, 3.8) is 0 Å². The van der Waals surface area contributed by atoms with Gasteiger partial charge in [-0.1, -0.05) is 25.5 Å². The summed E-state index contributed by atoms with van der Waals surface area (Å²) in [5.74, 6) is 1.20. The fraction of sp³-hybridized carbons (Fsp3) is 0.792. The number of carbonyl (C=O) groups excluding carboxylic acids is 3. The molecule has 0 aromatic rings. The number of esters is 2. The fourth-order valence-corrected chi connectivity index (χ4v) is 7.37. The summed E-state index contributed by atoms with van der Waals surface area (Å²) in [5, 5.41) is 0. The second-order valence-corrected chi connectivity index (χ2v) is 10.6. The second-order valence-electron chi connectivity index (χ2n) is 10.6. The monoisotopic (exact) mass is 402 g/mol. The van der Waals surface area contributed by atoms with Gasteiger partial charge in [0.05, 0.1) is 0 Å². The van der Waals surface area contributed by atoms with Crippen LogP contribution in [0.15, 0.2) is 11.6 Å². The molecule has 4 aliphatic rings. The summed E-state index contributed by atoms with van der Waals surface area (Å²) < 4.78 is 11.4. The van der Waals surface area contributed by atoms with E-state index in [0.717, 1.165) is 32.1 Å². The molecule has 0 spiro atoms. The summed E-state index contributed by atoms with van der Waals surface area (Å²) in [6.07, 6.45) is 7.88. The lowest BCUT2D eigenvalue weighted by Gasteiger charge is -2.59. The molecular weight excluding hydrogens is 368 g/mol. The van der Waals surface area contributed by atoms with Crippen LogP contribution in [0.1, 0.15) is 79.6 Å². The quantitative estimate of drug-likeness (QED) is 0.506. The van der Waals surface area contributed by atoms with Crippen LogP contribution in [-0.2, 0) is 23.9 Å². The molecule has 0 aromatic carbocycles. The number of hydrogen-bond acceptors (Lipinski definition) is 5. The molecule has 29 heavy (non-hydrogen) atoms. The van der Waals surface area contributed by atoms with E-state index in [1.807, 2.05) is 6.92 Å². The molecule has 160 valence electrons. The van der Waals surface area contributed by atoms with Crippen LogP contribution in [0, 0.1) is 28.6 Å². The van der Waals surface area contributed by atoms with E-state index in [2.05, 4.69) is 19.9 Å². The third-order valence-electron chi connectivity index (χ3n) is 8.85. The summed E-state index contributed by atoms with van der Waals surface area (Å²) in [4.78, 5) is 36.2. The van der Waals surface area contributed by atoms with E-state index in [4.69, 9.17) is 9.47 Å². The Morgan fingerprint density at radius 2 is 1.72 bits per heavy atom. The van der Waals surface area contributed by atoms with Crippen LogP contribution in [0.5, 0.6) is 0 Å². The van der Waals surface area contributed by atoms with E-state index in [1.54, 1.807) is 0 Å². The first-order chi connectivity index (χ1) is 13.5. The number of fused-ring (bicyclic) bond motifs is 5. The first kappa shape index (κ1) is 20.6. The van der Waals surface area contributed by atoms with Crippen molar-refractivity contribution >= 4 is 17.7 Å². The van der Waals surface area contributed by atoms with Gasteiger partial charge in [0.2, 0.25) is 0 Å². The largest absolute Gasteiger partial charge is 0.458 e. The summed E-state index contributed by atoms with van der Waals surface area (Å²) >= 11 is 0. The molecule has 0 saturated heterocycles. The molecule has 0 amide bonds. The van der Waals surface area contributed by atoms with Crippen LogP contribution in [0.4, 0.5) is 0 Å². The predicted molar refractivity (Wildman–Crippen MR) is 108 cm³/mol. The lowest BCUT2D eigenvalue weighted by molar-refractivity contribution is -0.194. The van der Waals surface area contributed by atoms with Crippen LogP contribution in [-0.4, -0.2) is 29.4 Å². The molecule has 4 aliphatic carbocycles. The summed E-state index contributed by atoms with van der Waals surface area (Å²) in [5.41, 5.74) is 0.260. The zero-order valence-corrected chi connectivity index (χ0v) is 18.4. The van der Waals surface area contributed by atoms with Crippen molar-refractivity contribution < 1.29 is 23.9 Å². The Hall–Kier alpha value is -1.65. The van der Waals surface area contributed by atoms with Gasteiger partial charge in [-0.05, 0) is 62.2 Å². The number of carbonyl (C=O) groups is 3. The SMILES string of the molecule is CC(=O)OC1C[C@@]2(C)C(=CC[C@@H]3[C@@H]2CC[C@]2(C)C(=O)CC[C@@H]32)C[C@]1(C)OC(C)=O. The minimum atomic E-state index is -0.831. The molecule has 1 unspecified atom stereocenters. The summed E-state index contributed by atoms with van der Waals surface area (Å²) in [6.45, 7) is 9.21. The number of allylic oxidation sites excluding steroid dienone is 1. The average molecular weight is 403 g/mol.